The van der Waals surface area contributed by atoms with Gasteiger partial charge in [-0.2, -0.15) is 0 Å². The van der Waals surface area contributed by atoms with Gasteiger partial charge in [0.15, 0.2) is 0 Å². The summed E-state index contributed by atoms with van der Waals surface area (Å²) >= 11 is 0. The molecule has 1 aromatic rings. The molecule has 0 aliphatic heterocycles. The van der Waals surface area contributed by atoms with E-state index in [9.17, 15) is 0 Å². The summed E-state index contributed by atoms with van der Waals surface area (Å²) in [6.07, 6.45) is 3.72. The smallest absolute Gasteiger partial charge is 0.129 e. The third-order valence-corrected chi connectivity index (χ3v) is 2.27. The Morgan fingerprint density at radius 3 is 2.60 bits per heavy atom. The fourth-order valence-electron chi connectivity index (χ4n) is 1.25. The molecule has 0 unspecified atom stereocenters. The highest BCUT2D eigenvalue weighted by Crippen LogP contribution is 2.18. The van der Waals surface area contributed by atoms with Crippen LogP contribution in [0.2, 0.25) is 0 Å². The fraction of sp³-hybridized carbons (Fsp3) is 0.667. The van der Waals surface area contributed by atoms with E-state index >= 15 is 0 Å². The summed E-state index contributed by atoms with van der Waals surface area (Å²) in [5, 5.41) is 3.32. The van der Waals surface area contributed by atoms with Gasteiger partial charge in [0.05, 0.1) is 0 Å². The monoisotopic (exact) mass is 207 g/mol. The first-order valence-corrected chi connectivity index (χ1v) is 5.56. The van der Waals surface area contributed by atoms with Gasteiger partial charge in [-0.1, -0.05) is 27.7 Å². The van der Waals surface area contributed by atoms with Crippen LogP contribution in [0.15, 0.2) is 12.4 Å². The van der Waals surface area contributed by atoms with Crippen molar-refractivity contribution in [3.8, 4) is 0 Å². The molecule has 1 rings (SSSR count). The molecule has 0 aliphatic carbocycles. The second kappa shape index (κ2) is 5.10. The van der Waals surface area contributed by atoms with Crippen molar-refractivity contribution >= 4 is 5.82 Å². The van der Waals surface area contributed by atoms with Crippen molar-refractivity contribution in [2.24, 2.45) is 5.41 Å². The van der Waals surface area contributed by atoms with Gasteiger partial charge >= 0.3 is 0 Å². The molecule has 0 spiro atoms. The molecular weight excluding hydrogens is 186 g/mol. The molecule has 1 N–H and O–H groups in total. The predicted molar refractivity (Wildman–Crippen MR) is 64.0 cm³/mol. The van der Waals surface area contributed by atoms with Crippen LogP contribution in [0.1, 0.15) is 39.8 Å². The summed E-state index contributed by atoms with van der Waals surface area (Å²) in [6.45, 7) is 9.79. The van der Waals surface area contributed by atoms with Crippen LogP contribution in [0.3, 0.4) is 0 Å². The molecule has 0 saturated carbocycles. The Kier molecular flexibility index (Phi) is 4.06. The number of rotatable bonds is 4. The number of hydrogen-bond acceptors (Lipinski definition) is 3. The molecule has 3 nitrogen and oxygen atoms in total. The highest BCUT2D eigenvalue weighted by molar-refractivity contribution is 5.34. The van der Waals surface area contributed by atoms with Crippen molar-refractivity contribution in [2.75, 3.05) is 11.9 Å². The van der Waals surface area contributed by atoms with Gasteiger partial charge in [-0.05, 0) is 18.3 Å². The Balaban J connectivity index is 2.44. The fourth-order valence-corrected chi connectivity index (χ4v) is 1.25. The Hall–Kier alpha value is -1.12. The molecule has 1 heterocycles. The molecule has 0 fully saturated rings. The van der Waals surface area contributed by atoms with E-state index in [4.69, 9.17) is 0 Å². The highest BCUT2D eigenvalue weighted by Gasteiger charge is 2.09. The SMILES string of the molecule is CCc1cc(NCCC(C)(C)C)ncn1. The standard InChI is InChI=1S/C12H21N3/c1-5-10-8-11(15-9-14-10)13-7-6-12(2,3)4/h8-9H,5-7H2,1-4H3,(H,13,14,15). The van der Waals surface area contributed by atoms with Crippen LogP contribution >= 0.6 is 0 Å². The molecule has 15 heavy (non-hydrogen) atoms. The van der Waals surface area contributed by atoms with Crippen molar-refractivity contribution < 1.29 is 0 Å². The average molecular weight is 207 g/mol. The molecule has 0 aliphatic rings. The number of nitrogens with one attached hydrogen (secondary N) is 1. The van der Waals surface area contributed by atoms with Crippen LogP contribution in [-0.2, 0) is 6.42 Å². The van der Waals surface area contributed by atoms with Crippen LogP contribution in [0.5, 0.6) is 0 Å². The predicted octanol–water partition coefficient (Wildman–Crippen LogP) is 2.89. The van der Waals surface area contributed by atoms with Crippen LogP contribution in [0, 0.1) is 5.41 Å². The van der Waals surface area contributed by atoms with Gasteiger partial charge in [-0.25, -0.2) is 9.97 Å². The number of aryl methyl sites for hydroxylation is 1. The van der Waals surface area contributed by atoms with Gasteiger partial charge in [0.2, 0.25) is 0 Å². The largest absolute Gasteiger partial charge is 0.370 e. The van der Waals surface area contributed by atoms with E-state index in [1.165, 1.54) is 0 Å². The Morgan fingerprint density at radius 2 is 2.00 bits per heavy atom. The first-order valence-electron chi connectivity index (χ1n) is 5.56. The molecule has 0 bridgehead atoms. The Bertz CT molecular complexity index is 302. The highest BCUT2D eigenvalue weighted by atomic mass is 15.0. The van der Waals surface area contributed by atoms with Crippen LogP contribution in [-0.4, -0.2) is 16.5 Å². The summed E-state index contributed by atoms with van der Waals surface area (Å²) in [5.41, 5.74) is 1.46. The minimum atomic E-state index is 0.369. The molecule has 1 aromatic heterocycles. The molecule has 0 radical (unpaired) electrons. The molecular formula is C12H21N3. The van der Waals surface area contributed by atoms with Gasteiger partial charge < -0.3 is 5.32 Å². The number of hydrogen-bond donors (Lipinski definition) is 1. The van der Waals surface area contributed by atoms with Crippen LogP contribution < -0.4 is 5.32 Å². The lowest BCUT2D eigenvalue weighted by atomic mass is 9.92. The van der Waals surface area contributed by atoms with E-state index in [-0.39, 0.29) is 0 Å². The zero-order valence-corrected chi connectivity index (χ0v) is 10.2. The number of nitrogens with zero attached hydrogens (tertiary/aromatic N) is 2. The molecule has 3 heteroatoms. The molecule has 0 aromatic carbocycles. The van der Waals surface area contributed by atoms with Gasteiger partial charge in [0.25, 0.3) is 0 Å². The molecule has 0 amide bonds. The minimum absolute atomic E-state index is 0.369. The second-order valence-corrected chi connectivity index (χ2v) is 4.99. The van der Waals surface area contributed by atoms with Crippen LogP contribution in [0.4, 0.5) is 5.82 Å². The number of aromatic nitrogens is 2. The zero-order valence-electron chi connectivity index (χ0n) is 10.2. The first kappa shape index (κ1) is 12.0. The minimum Gasteiger partial charge on any atom is -0.370 e. The molecule has 84 valence electrons. The first-order chi connectivity index (χ1) is 7.01. The van der Waals surface area contributed by atoms with Crippen molar-refractivity contribution in [1.29, 1.82) is 0 Å². The lowest BCUT2D eigenvalue weighted by molar-refractivity contribution is 0.389. The van der Waals surface area contributed by atoms with Crippen LogP contribution in [0.25, 0.3) is 0 Å². The van der Waals surface area contributed by atoms with E-state index in [0.717, 1.165) is 30.9 Å². The van der Waals surface area contributed by atoms with Gasteiger partial charge in [0.1, 0.15) is 12.1 Å². The maximum Gasteiger partial charge on any atom is 0.129 e. The summed E-state index contributed by atoms with van der Waals surface area (Å²) in [4.78, 5) is 8.35. The summed E-state index contributed by atoms with van der Waals surface area (Å²) < 4.78 is 0. The van der Waals surface area contributed by atoms with E-state index < -0.39 is 0 Å². The van der Waals surface area contributed by atoms with E-state index in [1.54, 1.807) is 6.33 Å². The summed E-state index contributed by atoms with van der Waals surface area (Å²) in [6, 6.07) is 2.02. The van der Waals surface area contributed by atoms with E-state index in [1.807, 2.05) is 6.07 Å². The quantitative estimate of drug-likeness (QED) is 0.825. The third kappa shape index (κ3) is 4.77. The van der Waals surface area contributed by atoms with Gasteiger partial charge in [0, 0.05) is 18.3 Å². The Labute approximate surface area is 92.3 Å². The summed E-state index contributed by atoms with van der Waals surface area (Å²) in [7, 11) is 0. The summed E-state index contributed by atoms with van der Waals surface area (Å²) in [5.74, 6) is 0.936. The van der Waals surface area contributed by atoms with Crippen molar-refractivity contribution in [1.82, 2.24) is 9.97 Å². The van der Waals surface area contributed by atoms with E-state index in [2.05, 4.69) is 43.0 Å². The maximum absolute atomic E-state index is 4.18. The van der Waals surface area contributed by atoms with Crippen molar-refractivity contribution in [3.05, 3.63) is 18.1 Å². The lowest BCUT2D eigenvalue weighted by Crippen LogP contribution is -2.13. The molecule has 0 atom stereocenters. The lowest BCUT2D eigenvalue weighted by Gasteiger charge is -2.18. The zero-order chi connectivity index (χ0) is 11.3. The maximum atomic E-state index is 4.18. The van der Waals surface area contributed by atoms with Gasteiger partial charge in [-0.3, -0.25) is 0 Å². The van der Waals surface area contributed by atoms with Crippen molar-refractivity contribution in [2.45, 2.75) is 40.5 Å². The average Bonchev–Trinajstić information content (AvgIpc) is 2.16. The molecule has 0 saturated heterocycles. The normalized spacial score (nSPS) is 11.5. The third-order valence-electron chi connectivity index (χ3n) is 2.27. The Morgan fingerprint density at radius 1 is 1.27 bits per heavy atom. The topological polar surface area (TPSA) is 37.8 Å². The van der Waals surface area contributed by atoms with E-state index in [0.29, 0.717) is 5.41 Å². The number of anilines is 1. The van der Waals surface area contributed by atoms with Crippen molar-refractivity contribution in [3.63, 3.8) is 0 Å². The van der Waals surface area contributed by atoms with Gasteiger partial charge in [-0.15, -0.1) is 0 Å². The second-order valence-electron chi connectivity index (χ2n) is 4.99.